The molecule has 2 aromatic carbocycles. The van der Waals surface area contributed by atoms with Gasteiger partial charge in [-0.2, -0.15) is 4.31 Å². The van der Waals surface area contributed by atoms with Gasteiger partial charge in [0.1, 0.15) is 5.82 Å². The maximum Gasteiger partial charge on any atom is 0.254 e. The Labute approximate surface area is 212 Å². The molecule has 8 nitrogen and oxygen atoms in total. The number of fused-ring (bicyclic) bond motifs is 2. The van der Waals surface area contributed by atoms with E-state index in [0.717, 1.165) is 78.0 Å². The summed E-state index contributed by atoms with van der Waals surface area (Å²) < 4.78 is 66.4. The van der Waals surface area contributed by atoms with E-state index in [4.69, 9.17) is 0 Å². The number of nitrogens with zero attached hydrogens (tertiary/aromatic N) is 1. The highest BCUT2D eigenvalue weighted by molar-refractivity contribution is 7.89. The fourth-order valence-corrected chi connectivity index (χ4v) is 7.61. The molecule has 0 spiro atoms. The Balaban J connectivity index is 1.50. The van der Waals surface area contributed by atoms with Gasteiger partial charge in [0.2, 0.25) is 10.0 Å². The molecule has 0 bridgehead atoms. The number of rotatable bonds is 7. The molecule has 36 heavy (non-hydrogen) atoms. The van der Waals surface area contributed by atoms with E-state index < -0.39 is 39.1 Å². The van der Waals surface area contributed by atoms with Gasteiger partial charge in [0.05, 0.1) is 16.5 Å². The van der Waals surface area contributed by atoms with Crippen LogP contribution >= 0.6 is 0 Å². The molecule has 1 aliphatic heterocycles. The van der Waals surface area contributed by atoms with E-state index in [1.54, 1.807) is 0 Å². The normalized spacial score (nSPS) is 20.7. The fraction of sp³-hybridized carbons (Fsp3) is 0.400. The molecule has 3 aliphatic rings. The summed E-state index contributed by atoms with van der Waals surface area (Å²) in [7, 11) is -4.13. The molecule has 2 unspecified atom stereocenters. The number of aryl methyl sites for hydroxylation is 2. The molecule has 2 N–H and O–H groups in total. The van der Waals surface area contributed by atoms with Crippen LogP contribution in [0.2, 0.25) is 0 Å². The van der Waals surface area contributed by atoms with Crippen LogP contribution < -0.4 is 10.0 Å². The molecule has 0 radical (unpaired) electrons. The van der Waals surface area contributed by atoms with E-state index in [9.17, 15) is 26.4 Å². The van der Waals surface area contributed by atoms with Gasteiger partial charge in [-0.1, -0.05) is 12.1 Å². The Bertz CT molecular complexity index is 1340. The summed E-state index contributed by atoms with van der Waals surface area (Å²) >= 11 is -2.69. The van der Waals surface area contributed by atoms with Crippen molar-refractivity contribution in [2.24, 2.45) is 0 Å². The number of carbonyl (C=O) groups is 1. The maximum absolute atomic E-state index is 13.8. The highest BCUT2D eigenvalue weighted by Crippen LogP contribution is 2.39. The lowest BCUT2D eigenvalue weighted by atomic mass is 9.98. The lowest BCUT2D eigenvalue weighted by molar-refractivity contribution is -0.113. The highest BCUT2D eigenvalue weighted by Gasteiger charge is 2.40. The van der Waals surface area contributed by atoms with Crippen LogP contribution in [0.15, 0.2) is 47.0 Å². The highest BCUT2D eigenvalue weighted by atomic mass is 32.2. The van der Waals surface area contributed by atoms with Crippen molar-refractivity contribution < 1.29 is 26.4 Å². The lowest BCUT2D eigenvalue weighted by Crippen LogP contribution is -2.40. The third-order valence-electron chi connectivity index (χ3n) is 7.25. The second-order valence-corrected chi connectivity index (χ2v) is 12.0. The fourth-order valence-electron chi connectivity index (χ4n) is 5.68. The maximum atomic E-state index is 13.8. The van der Waals surface area contributed by atoms with Crippen molar-refractivity contribution in [1.82, 2.24) is 9.03 Å². The predicted molar refractivity (Wildman–Crippen MR) is 133 cm³/mol. The second-order valence-electron chi connectivity index (χ2n) is 9.37. The van der Waals surface area contributed by atoms with Gasteiger partial charge in [0.25, 0.3) is 5.91 Å². The monoisotopic (exact) mass is 532 g/mol. The number of nitrogens with one attached hydrogen (secondary N) is 2. The summed E-state index contributed by atoms with van der Waals surface area (Å²) in [5, 5.41) is 3.03. The molecule has 1 saturated heterocycles. The Hall–Kier alpha value is -2.60. The summed E-state index contributed by atoms with van der Waals surface area (Å²) in [6, 6.07) is 6.05. The van der Waals surface area contributed by atoms with E-state index in [2.05, 4.69) is 16.1 Å². The van der Waals surface area contributed by atoms with Crippen LogP contribution in [-0.2, 0) is 51.8 Å². The minimum atomic E-state index is -4.13. The average Bonchev–Trinajstić information content (AvgIpc) is 3.59. The first-order valence-corrected chi connectivity index (χ1v) is 14.6. The van der Waals surface area contributed by atoms with Crippen LogP contribution in [-0.4, -0.2) is 40.0 Å². The Morgan fingerprint density at radius 1 is 1.08 bits per heavy atom. The van der Waals surface area contributed by atoms with Crippen LogP contribution in [0.1, 0.15) is 47.9 Å². The van der Waals surface area contributed by atoms with Crippen molar-refractivity contribution in [3.63, 3.8) is 0 Å². The summed E-state index contributed by atoms with van der Waals surface area (Å²) in [4.78, 5) is 13.5. The van der Waals surface area contributed by atoms with Crippen LogP contribution in [0.4, 0.5) is 10.1 Å². The molecule has 2 atom stereocenters. The standard InChI is InChI=1S/C25H28FN3O5S2/c26-18-7-3-8-19(14-18)36(33,34)29-12-4-11-23(29)22(15-27-35(31)32)25(30)28-24-20-9-1-5-16(20)13-17-6-2-10-21(17)24/h3,7-8,13-15,23,27H,1-2,4-6,9-12H2,(H,28,30)(H,31,32)/p-1. The number of amides is 1. The molecule has 0 aromatic heterocycles. The molecule has 2 aromatic rings. The van der Waals surface area contributed by atoms with Gasteiger partial charge < -0.3 is 14.6 Å². The van der Waals surface area contributed by atoms with Crippen molar-refractivity contribution >= 4 is 32.9 Å². The third-order valence-corrected chi connectivity index (χ3v) is 9.46. The van der Waals surface area contributed by atoms with Crippen LogP contribution in [0, 0.1) is 5.82 Å². The molecule has 192 valence electrons. The minimum absolute atomic E-state index is 0.000903. The van der Waals surface area contributed by atoms with Gasteiger partial charge in [-0.15, -0.1) is 0 Å². The van der Waals surface area contributed by atoms with E-state index in [0.29, 0.717) is 12.8 Å². The summed E-state index contributed by atoms with van der Waals surface area (Å²) in [5.74, 6) is -1.23. The number of halogens is 1. The number of carbonyl (C=O) groups excluding carboxylic acids is 1. The van der Waals surface area contributed by atoms with E-state index >= 15 is 0 Å². The summed E-state index contributed by atoms with van der Waals surface area (Å²) in [6.07, 6.45) is 7.47. The Kier molecular flexibility index (Phi) is 6.99. The zero-order valence-corrected chi connectivity index (χ0v) is 21.2. The predicted octanol–water partition coefficient (Wildman–Crippen LogP) is 2.86. The van der Waals surface area contributed by atoms with Crippen molar-refractivity contribution in [3.8, 4) is 0 Å². The first-order valence-electron chi connectivity index (χ1n) is 12.1. The van der Waals surface area contributed by atoms with Crippen molar-refractivity contribution in [2.45, 2.75) is 62.3 Å². The molecule has 5 rings (SSSR count). The molecule has 1 heterocycles. The number of hydrogen-bond acceptors (Lipinski definition) is 5. The van der Waals surface area contributed by atoms with Gasteiger partial charge in [0.15, 0.2) is 0 Å². The first kappa shape index (κ1) is 25.1. The van der Waals surface area contributed by atoms with Crippen molar-refractivity contribution in [2.75, 3.05) is 11.9 Å². The minimum Gasteiger partial charge on any atom is -0.755 e. The summed E-state index contributed by atoms with van der Waals surface area (Å²) in [5.41, 5.74) is 5.46. The van der Waals surface area contributed by atoms with Crippen molar-refractivity contribution in [3.05, 3.63) is 70.2 Å². The average molecular weight is 533 g/mol. The smallest absolute Gasteiger partial charge is 0.254 e. The molecular weight excluding hydrogens is 505 g/mol. The molecule has 2 aliphatic carbocycles. The quantitative estimate of drug-likeness (QED) is 0.420. The molecular formula is C25H27FN3O5S2-. The van der Waals surface area contributed by atoms with E-state index in [1.165, 1.54) is 23.3 Å². The summed E-state index contributed by atoms with van der Waals surface area (Å²) in [6.45, 7) is 0.130. The van der Waals surface area contributed by atoms with E-state index in [-0.39, 0.29) is 17.0 Å². The second kappa shape index (κ2) is 10.0. The molecule has 1 amide bonds. The van der Waals surface area contributed by atoms with E-state index in [1.807, 2.05) is 0 Å². The Morgan fingerprint density at radius 2 is 1.78 bits per heavy atom. The zero-order valence-electron chi connectivity index (χ0n) is 19.6. The van der Waals surface area contributed by atoms with Gasteiger partial charge in [-0.3, -0.25) is 9.00 Å². The van der Waals surface area contributed by atoms with Crippen LogP contribution in [0.25, 0.3) is 0 Å². The lowest BCUT2D eigenvalue weighted by Gasteiger charge is -2.27. The Morgan fingerprint density at radius 3 is 2.42 bits per heavy atom. The number of hydrogen-bond donors (Lipinski definition) is 2. The first-order chi connectivity index (χ1) is 17.3. The number of benzene rings is 2. The van der Waals surface area contributed by atoms with Gasteiger partial charge >= 0.3 is 0 Å². The SMILES string of the molecule is O=C(Nc1c2c(cc3c1CCC3)CCC2)C(=CNS(=O)[O-])C1CCCN1S(=O)(=O)c1cccc(F)c1. The zero-order chi connectivity index (χ0) is 25.4. The number of sulfonamides is 1. The third kappa shape index (κ3) is 4.72. The van der Waals surface area contributed by atoms with Crippen LogP contribution in [0.5, 0.6) is 0 Å². The largest absolute Gasteiger partial charge is 0.755 e. The van der Waals surface area contributed by atoms with Crippen LogP contribution in [0.3, 0.4) is 0 Å². The molecule has 0 saturated carbocycles. The van der Waals surface area contributed by atoms with Gasteiger partial charge in [-0.05, 0) is 91.8 Å². The van der Waals surface area contributed by atoms with Crippen molar-refractivity contribution in [1.29, 1.82) is 0 Å². The molecule has 11 heteroatoms. The van der Waals surface area contributed by atoms with Gasteiger partial charge in [-0.25, -0.2) is 12.8 Å². The molecule has 1 fully saturated rings. The topological polar surface area (TPSA) is 119 Å². The number of anilines is 1. The van der Waals surface area contributed by atoms with Gasteiger partial charge in [0, 0.05) is 29.7 Å².